The van der Waals surface area contributed by atoms with E-state index in [0.717, 1.165) is 5.56 Å². The second kappa shape index (κ2) is 8.67. The van der Waals surface area contributed by atoms with Crippen LogP contribution in [-0.4, -0.2) is 62.3 Å². The molecule has 0 radical (unpaired) electrons. The molecule has 0 aliphatic carbocycles. The molecule has 0 bridgehead atoms. The van der Waals surface area contributed by atoms with Gasteiger partial charge in [-0.25, -0.2) is 0 Å². The molecular formula is C17H24ClN3O4S. The maximum absolute atomic E-state index is 12.8. The summed E-state index contributed by atoms with van der Waals surface area (Å²) in [6.07, 6.45) is 1.38. The van der Waals surface area contributed by atoms with Crippen molar-refractivity contribution in [3.63, 3.8) is 0 Å². The van der Waals surface area contributed by atoms with E-state index in [1.54, 1.807) is 12.1 Å². The number of piperidine rings is 1. The molecule has 1 N–H and O–H groups in total. The van der Waals surface area contributed by atoms with Crippen molar-refractivity contribution in [3.05, 3.63) is 34.9 Å². The Balaban J connectivity index is 1.56. The molecule has 1 atom stereocenters. The molecule has 0 spiro atoms. The summed E-state index contributed by atoms with van der Waals surface area (Å²) in [6.45, 7) is 2.66. The lowest BCUT2D eigenvalue weighted by Gasteiger charge is -2.36. The highest BCUT2D eigenvalue weighted by atomic mass is 35.5. The molecule has 7 nitrogen and oxygen atoms in total. The molecule has 26 heavy (non-hydrogen) atoms. The number of amides is 1. The number of nitrogens with zero attached hydrogens (tertiary/aromatic N) is 2. The summed E-state index contributed by atoms with van der Waals surface area (Å²) in [4.78, 5) is 12.5. The van der Waals surface area contributed by atoms with Crippen molar-refractivity contribution in [2.24, 2.45) is 5.92 Å². The van der Waals surface area contributed by atoms with Crippen LogP contribution < -0.4 is 5.32 Å². The summed E-state index contributed by atoms with van der Waals surface area (Å²) in [5, 5.41) is 3.55. The Morgan fingerprint density at radius 2 is 1.85 bits per heavy atom. The third-order valence-corrected chi connectivity index (χ3v) is 7.01. The van der Waals surface area contributed by atoms with Crippen LogP contribution in [0.4, 0.5) is 0 Å². The van der Waals surface area contributed by atoms with E-state index < -0.39 is 10.2 Å². The molecule has 0 unspecified atom stereocenters. The third kappa shape index (κ3) is 4.75. The number of halogens is 1. The topological polar surface area (TPSA) is 79.0 Å². The van der Waals surface area contributed by atoms with Gasteiger partial charge in [0.15, 0.2) is 0 Å². The number of hydrogen-bond donors (Lipinski definition) is 1. The van der Waals surface area contributed by atoms with Gasteiger partial charge in [-0.1, -0.05) is 23.7 Å². The van der Waals surface area contributed by atoms with Crippen LogP contribution in [0, 0.1) is 5.92 Å². The van der Waals surface area contributed by atoms with Gasteiger partial charge in [-0.2, -0.15) is 17.0 Å². The Kier molecular flexibility index (Phi) is 6.52. The van der Waals surface area contributed by atoms with Crippen LogP contribution in [0.2, 0.25) is 5.02 Å². The molecule has 1 aromatic rings. The molecule has 2 fully saturated rings. The number of carbonyl (C=O) groups excluding carboxylic acids is 1. The van der Waals surface area contributed by atoms with Crippen molar-refractivity contribution >= 4 is 27.7 Å². The van der Waals surface area contributed by atoms with Gasteiger partial charge in [0.05, 0.1) is 19.1 Å². The highest BCUT2D eigenvalue weighted by molar-refractivity contribution is 7.86. The van der Waals surface area contributed by atoms with Crippen LogP contribution in [0.3, 0.4) is 0 Å². The molecule has 144 valence electrons. The summed E-state index contributed by atoms with van der Waals surface area (Å²) in [7, 11) is -3.53. The molecule has 1 amide bonds. The van der Waals surface area contributed by atoms with E-state index in [0.29, 0.717) is 57.3 Å². The lowest BCUT2D eigenvalue weighted by Crippen LogP contribution is -2.52. The van der Waals surface area contributed by atoms with Gasteiger partial charge < -0.3 is 10.1 Å². The maximum Gasteiger partial charge on any atom is 0.282 e. The number of rotatable bonds is 5. The molecule has 2 aliphatic heterocycles. The molecule has 3 rings (SSSR count). The fraction of sp³-hybridized carbons (Fsp3) is 0.588. The zero-order valence-electron chi connectivity index (χ0n) is 14.6. The van der Waals surface area contributed by atoms with Crippen molar-refractivity contribution in [2.75, 3.05) is 39.4 Å². The van der Waals surface area contributed by atoms with E-state index in [-0.39, 0.29) is 18.4 Å². The van der Waals surface area contributed by atoms with E-state index >= 15 is 0 Å². The second-order valence-corrected chi connectivity index (χ2v) is 8.93. The van der Waals surface area contributed by atoms with Crippen LogP contribution in [0.5, 0.6) is 0 Å². The Bertz CT molecular complexity index is 720. The van der Waals surface area contributed by atoms with Crippen molar-refractivity contribution in [1.29, 1.82) is 0 Å². The monoisotopic (exact) mass is 401 g/mol. The van der Waals surface area contributed by atoms with Gasteiger partial charge in [0.25, 0.3) is 10.2 Å². The first-order chi connectivity index (χ1) is 12.5. The molecule has 1 aromatic carbocycles. The minimum atomic E-state index is -3.53. The van der Waals surface area contributed by atoms with Gasteiger partial charge in [0.1, 0.15) is 0 Å². The molecule has 2 aliphatic rings. The molecule has 0 aromatic heterocycles. The fourth-order valence-corrected chi connectivity index (χ4v) is 5.03. The highest BCUT2D eigenvalue weighted by Crippen LogP contribution is 2.22. The average molecular weight is 402 g/mol. The number of morpholine rings is 1. The number of benzene rings is 1. The van der Waals surface area contributed by atoms with E-state index in [9.17, 15) is 13.2 Å². The summed E-state index contributed by atoms with van der Waals surface area (Å²) >= 11 is 5.86. The summed E-state index contributed by atoms with van der Waals surface area (Å²) in [5.74, 6) is -0.436. The molecule has 9 heteroatoms. The molecule has 2 heterocycles. The Hall–Kier alpha value is -1.19. The molecule has 2 saturated heterocycles. The maximum atomic E-state index is 12.8. The lowest BCUT2D eigenvalue weighted by atomic mass is 9.99. The third-order valence-electron chi connectivity index (χ3n) is 4.76. The standard InChI is InChI=1S/C17H24ClN3O4S/c18-16-5-3-14(4-6-16)12-19-17(22)15-2-1-7-21(13-15)26(23,24)20-8-10-25-11-9-20/h3-6,15H,1-2,7-13H2,(H,19,22)/t15-/m0/s1. The quantitative estimate of drug-likeness (QED) is 0.805. The first kappa shape index (κ1) is 19.6. The van der Waals surface area contributed by atoms with Crippen LogP contribution in [0.25, 0.3) is 0 Å². The predicted octanol–water partition coefficient (Wildman–Crippen LogP) is 1.25. The van der Waals surface area contributed by atoms with E-state index in [1.165, 1.54) is 8.61 Å². The van der Waals surface area contributed by atoms with Crippen LogP contribution in [-0.2, 0) is 26.3 Å². The van der Waals surface area contributed by atoms with E-state index in [4.69, 9.17) is 16.3 Å². The number of carbonyl (C=O) groups is 1. The molecular weight excluding hydrogens is 378 g/mol. The number of ether oxygens (including phenoxy) is 1. The van der Waals surface area contributed by atoms with Gasteiger partial charge in [-0.15, -0.1) is 0 Å². The number of nitrogens with one attached hydrogen (secondary N) is 1. The minimum Gasteiger partial charge on any atom is -0.379 e. The van der Waals surface area contributed by atoms with Crippen LogP contribution in [0.15, 0.2) is 24.3 Å². The first-order valence-corrected chi connectivity index (χ1v) is 10.6. The van der Waals surface area contributed by atoms with Crippen molar-refractivity contribution in [1.82, 2.24) is 13.9 Å². The van der Waals surface area contributed by atoms with E-state index in [2.05, 4.69) is 5.32 Å². The van der Waals surface area contributed by atoms with Gasteiger partial charge in [-0.3, -0.25) is 4.79 Å². The summed E-state index contributed by atoms with van der Waals surface area (Å²) in [6, 6.07) is 7.28. The Morgan fingerprint density at radius 1 is 1.15 bits per heavy atom. The normalized spacial score (nSPS) is 22.9. The van der Waals surface area contributed by atoms with Crippen molar-refractivity contribution in [3.8, 4) is 0 Å². The van der Waals surface area contributed by atoms with Gasteiger partial charge in [0.2, 0.25) is 5.91 Å². The summed E-state index contributed by atoms with van der Waals surface area (Å²) in [5.41, 5.74) is 0.955. The lowest BCUT2D eigenvalue weighted by molar-refractivity contribution is -0.126. The zero-order chi connectivity index (χ0) is 18.6. The average Bonchev–Trinajstić information content (AvgIpc) is 2.68. The zero-order valence-corrected chi connectivity index (χ0v) is 16.1. The van der Waals surface area contributed by atoms with Crippen LogP contribution in [0.1, 0.15) is 18.4 Å². The predicted molar refractivity (Wildman–Crippen MR) is 98.9 cm³/mol. The Morgan fingerprint density at radius 3 is 2.54 bits per heavy atom. The van der Waals surface area contributed by atoms with Gasteiger partial charge in [-0.05, 0) is 30.5 Å². The number of hydrogen-bond acceptors (Lipinski definition) is 4. The van der Waals surface area contributed by atoms with Crippen LogP contribution >= 0.6 is 11.6 Å². The second-order valence-electron chi connectivity index (χ2n) is 6.56. The Labute approximate surface area is 159 Å². The fourth-order valence-electron chi connectivity index (χ4n) is 3.24. The summed E-state index contributed by atoms with van der Waals surface area (Å²) < 4.78 is 33.7. The first-order valence-electron chi connectivity index (χ1n) is 8.82. The highest BCUT2D eigenvalue weighted by Gasteiger charge is 2.36. The van der Waals surface area contributed by atoms with Gasteiger partial charge >= 0.3 is 0 Å². The molecule has 0 saturated carbocycles. The SMILES string of the molecule is O=C(NCc1ccc(Cl)cc1)[C@H]1CCCN(S(=O)(=O)N2CCOCC2)C1. The smallest absolute Gasteiger partial charge is 0.282 e. The van der Waals surface area contributed by atoms with Crippen molar-refractivity contribution in [2.45, 2.75) is 19.4 Å². The largest absolute Gasteiger partial charge is 0.379 e. The minimum absolute atomic E-state index is 0.109. The van der Waals surface area contributed by atoms with Crippen molar-refractivity contribution < 1.29 is 17.9 Å². The van der Waals surface area contributed by atoms with E-state index in [1.807, 2.05) is 12.1 Å². The van der Waals surface area contributed by atoms with Gasteiger partial charge in [0, 0.05) is 37.7 Å².